The molecule has 0 bridgehead atoms. The number of hydroxylamine groups is 1. The molecule has 0 aromatic heterocycles. The quantitative estimate of drug-likeness (QED) is 0.810. The van der Waals surface area contributed by atoms with E-state index in [1.807, 2.05) is 38.1 Å². The molecule has 0 saturated carbocycles. The van der Waals surface area contributed by atoms with Crippen LogP contribution in [0.15, 0.2) is 48.5 Å². The third kappa shape index (κ3) is 3.56. The second-order valence-electron chi connectivity index (χ2n) is 4.73. The van der Waals surface area contributed by atoms with Gasteiger partial charge in [0.15, 0.2) is 0 Å². The Hall–Kier alpha value is -1.91. The van der Waals surface area contributed by atoms with E-state index in [1.165, 1.54) is 12.1 Å². The highest BCUT2D eigenvalue weighted by molar-refractivity contribution is 5.30. The third-order valence-electron chi connectivity index (χ3n) is 3.23. The summed E-state index contributed by atoms with van der Waals surface area (Å²) in [6.07, 6.45) is -0.158. The molecule has 106 valence electrons. The molecule has 0 saturated heterocycles. The van der Waals surface area contributed by atoms with E-state index < -0.39 is 0 Å². The zero-order valence-electron chi connectivity index (χ0n) is 11.5. The topological polar surface area (TPSA) is 41.5 Å². The van der Waals surface area contributed by atoms with Gasteiger partial charge in [-0.1, -0.05) is 24.3 Å². The van der Waals surface area contributed by atoms with Crippen molar-refractivity contribution in [2.24, 2.45) is 0 Å². The maximum Gasteiger partial charge on any atom is 0.123 e. The summed E-state index contributed by atoms with van der Waals surface area (Å²) in [5.41, 5.74) is 4.08. The van der Waals surface area contributed by atoms with E-state index >= 15 is 0 Å². The van der Waals surface area contributed by atoms with Crippen LogP contribution in [0.5, 0.6) is 5.75 Å². The van der Waals surface area contributed by atoms with Gasteiger partial charge >= 0.3 is 0 Å². The molecule has 3 nitrogen and oxygen atoms in total. The van der Waals surface area contributed by atoms with Crippen LogP contribution in [0.2, 0.25) is 0 Å². The van der Waals surface area contributed by atoms with E-state index in [0.29, 0.717) is 0 Å². The van der Waals surface area contributed by atoms with Crippen molar-refractivity contribution in [2.45, 2.75) is 26.0 Å². The number of rotatable bonds is 5. The van der Waals surface area contributed by atoms with Crippen LogP contribution in [0, 0.1) is 5.82 Å². The zero-order valence-corrected chi connectivity index (χ0v) is 11.5. The maximum absolute atomic E-state index is 12.9. The monoisotopic (exact) mass is 275 g/mol. The highest BCUT2D eigenvalue weighted by atomic mass is 19.1. The Labute approximate surface area is 118 Å². The summed E-state index contributed by atoms with van der Waals surface area (Å²) in [7, 11) is 0. The van der Waals surface area contributed by atoms with Crippen LogP contribution in [0.3, 0.4) is 0 Å². The molecular formula is C16H18FNO2. The van der Waals surface area contributed by atoms with Crippen LogP contribution in [-0.2, 0) is 0 Å². The molecule has 0 aliphatic heterocycles. The van der Waals surface area contributed by atoms with Gasteiger partial charge in [0.1, 0.15) is 17.7 Å². The standard InChI is InChI=1S/C16H18FNO2/c1-11(18-19)13-5-9-16(10-6-13)20-12(2)14-3-7-15(17)8-4-14/h3-12,18-19H,1-2H3. The molecule has 0 aliphatic carbocycles. The van der Waals surface area contributed by atoms with E-state index in [-0.39, 0.29) is 18.0 Å². The second-order valence-corrected chi connectivity index (χ2v) is 4.73. The molecule has 2 unspecified atom stereocenters. The first-order chi connectivity index (χ1) is 9.60. The van der Waals surface area contributed by atoms with E-state index in [9.17, 15) is 4.39 Å². The molecule has 2 aromatic carbocycles. The van der Waals surface area contributed by atoms with Crippen LogP contribution < -0.4 is 10.2 Å². The number of hydrogen-bond donors (Lipinski definition) is 2. The SMILES string of the molecule is CC(NO)c1ccc(OC(C)c2ccc(F)cc2)cc1. The van der Waals surface area contributed by atoms with Crippen molar-refractivity contribution in [3.8, 4) is 5.75 Å². The highest BCUT2D eigenvalue weighted by Crippen LogP contribution is 2.23. The lowest BCUT2D eigenvalue weighted by molar-refractivity contribution is 0.133. The minimum absolute atomic E-state index is 0.126. The largest absolute Gasteiger partial charge is 0.486 e. The van der Waals surface area contributed by atoms with Crippen LogP contribution in [0.25, 0.3) is 0 Å². The fourth-order valence-electron chi connectivity index (χ4n) is 1.92. The Balaban J connectivity index is 2.04. The lowest BCUT2D eigenvalue weighted by Gasteiger charge is -2.16. The molecule has 0 fully saturated rings. The van der Waals surface area contributed by atoms with Crippen molar-refractivity contribution < 1.29 is 14.3 Å². The summed E-state index contributed by atoms with van der Waals surface area (Å²) in [5, 5.41) is 8.86. The fraction of sp³-hybridized carbons (Fsp3) is 0.250. The average molecular weight is 275 g/mol. The second kappa shape index (κ2) is 6.50. The van der Waals surface area contributed by atoms with Gasteiger partial charge in [0, 0.05) is 0 Å². The van der Waals surface area contributed by atoms with Crippen molar-refractivity contribution in [3.63, 3.8) is 0 Å². The van der Waals surface area contributed by atoms with Gasteiger partial charge in [-0.25, -0.2) is 4.39 Å². The Morgan fingerprint density at radius 1 is 0.950 bits per heavy atom. The third-order valence-corrected chi connectivity index (χ3v) is 3.23. The molecule has 0 aliphatic rings. The predicted molar refractivity (Wildman–Crippen MR) is 75.2 cm³/mol. The van der Waals surface area contributed by atoms with Crippen LogP contribution in [0.1, 0.15) is 37.1 Å². The van der Waals surface area contributed by atoms with Gasteiger partial charge in [0.05, 0.1) is 6.04 Å². The first kappa shape index (κ1) is 14.5. The van der Waals surface area contributed by atoms with Gasteiger partial charge < -0.3 is 9.94 Å². The first-order valence-electron chi connectivity index (χ1n) is 6.52. The number of halogens is 1. The fourth-order valence-corrected chi connectivity index (χ4v) is 1.92. The van der Waals surface area contributed by atoms with Crippen molar-refractivity contribution >= 4 is 0 Å². The van der Waals surface area contributed by atoms with E-state index in [2.05, 4.69) is 5.48 Å². The lowest BCUT2D eigenvalue weighted by Crippen LogP contribution is -2.12. The minimum atomic E-state index is -0.254. The molecule has 2 atom stereocenters. The van der Waals surface area contributed by atoms with Gasteiger partial charge in [-0.3, -0.25) is 0 Å². The van der Waals surface area contributed by atoms with Gasteiger partial charge in [-0.05, 0) is 49.2 Å². The minimum Gasteiger partial charge on any atom is -0.486 e. The number of nitrogens with one attached hydrogen (secondary N) is 1. The molecule has 4 heteroatoms. The Morgan fingerprint density at radius 2 is 1.50 bits per heavy atom. The molecule has 0 heterocycles. The summed E-state index contributed by atoms with van der Waals surface area (Å²) in [6, 6.07) is 13.6. The lowest BCUT2D eigenvalue weighted by atomic mass is 10.1. The predicted octanol–water partition coefficient (Wildman–Crippen LogP) is 4.01. The van der Waals surface area contributed by atoms with Gasteiger partial charge in [-0.2, -0.15) is 5.48 Å². The summed E-state index contributed by atoms with van der Waals surface area (Å²) in [5.74, 6) is 0.478. The van der Waals surface area contributed by atoms with E-state index in [0.717, 1.165) is 16.9 Å². The Kier molecular flexibility index (Phi) is 4.71. The van der Waals surface area contributed by atoms with Crippen LogP contribution in [0.4, 0.5) is 4.39 Å². The smallest absolute Gasteiger partial charge is 0.123 e. The van der Waals surface area contributed by atoms with Crippen molar-refractivity contribution in [2.75, 3.05) is 0 Å². The van der Waals surface area contributed by atoms with Crippen molar-refractivity contribution in [1.82, 2.24) is 5.48 Å². The van der Waals surface area contributed by atoms with Crippen molar-refractivity contribution in [1.29, 1.82) is 0 Å². The molecule has 0 radical (unpaired) electrons. The summed E-state index contributed by atoms with van der Waals surface area (Å²) in [4.78, 5) is 0. The molecule has 2 aromatic rings. The van der Waals surface area contributed by atoms with E-state index in [1.54, 1.807) is 12.1 Å². The number of benzene rings is 2. The zero-order chi connectivity index (χ0) is 14.5. The highest BCUT2D eigenvalue weighted by Gasteiger charge is 2.08. The van der Waals surface area contributed by atoms with Crippen LogP contribution >= 0.6 is 0 Å². The van der Waals surface area contributed by atoms with E-state index in [4.69, 9.17) is 9.94 Å². The van der Waals surface area contributed by atoms with Crippen molar-refractivity contribution in [3.05, 3.63) is 65.5 Å². The molecule has 2 rings (SSSR count). The molecule has 2 N–H and O–H groups in total. The van der Waals surface area contributed by atoms with Gasteiger partial charge in [0.25, 0.3) is 0 Å². The van der Waals surface area contributed by atoms with Gasteiger partial charge in [0.2, 0.25) is 0 Å². The maximum atomic E-state index is 12.9. The summed E-state index contributed by atoms with van der Waals surface area (Å²) >= 11 is 0. The first-order valence-corrected chi connectivity index (χ1v) is 6.52. The molecule has 0 spiro atoms. The Morgan fingerprint density at radius 3 is 2.05 bits per heavy atom. The molecule has 0 amide bonds. The van der Waals surface area contributed by atoms with Crippen LogP contribution in [-0.4, -0.2) is 5.21 Å². The number of ether oxygens (including phenoxy) is 1. The molecule has 20 heavy (non-hydrogen) atoms. The summed E-state index contributed by atoms with van der Waals surface area (Å²) in [6.45, 7) is 3.77. The summed E-state index contributed by atoms with van der Waals surface area (Å²) < 4.78 is 18.7. The number of hydrogen-bond acceptors (Lipinski definition) is 3. The normalized spacial score (nSPS) is 13.8. The molecular weight excluding hydrogens is 257 g/mol. The average Bonchev–Trinajstić information content (AvgIpc) is 2.48. The Bertz CT molecular complexity index is 539. The van der Waals surface area contributed by atoms with Gasteiger partial charge in [-0.15, -0.1) is 0 Å².